The Balaban J connectivity index is 0.000000206. The van der Waals surface area contributed by atoms with Crippen LogP contribution in [0, 0.1) is 27.7 Å². The standard InChI is InChI=1S/C25H20Cl2N4O3S.C18H26ClN3O2SSi.C11H10ClN3O2S.C8H6ClNS/c1-15-2-9-22(20(27)10-15)31-24(13-28-30-31)35-14-23(32)29-21-8-7-18(12-19(21)26)17-5-3-16(4-6-17)11-25(33)34;1-12-8-9-14(13(19)10-12)22-17(16(20-21-22)26(5,6)7)25-11-15(23)24-18(2,3)4;1-7-2-3-9(8(12)4-7)15-10(5-13-14-15)18-6-11(16)17;1-6-2-3-8(10-5-11)7(9)4-6/h2-10,12-13H,11,14H2,1H3,(H,29,32)(H,33,34);8-10H,11H2,1-7H3;2-5H,6H2,1H3,(H,16,17);2-4H,1H3. The van der Waals surface area contributed by atoms with Gasteiger partial charge >= 0.3 is 17.9 Å². The monoisotopic (exact) mass is 1400 g/mol. The summed E-state index contributed by atoms with van der Waals surface area (Å²) in [6.07, 6.45) is 3.07. The van der Waals surface area contributed by atoms with Gasteiger partial charge in [0.05, 0.1) is 100 Å². The van der Waals surface area contributed by atoms with Crippen LogP contribution >= 0.6 is 106 Å². The fraction of sp³-hybridized carbons (Fsp3) is 0.242. The summed E-state index contributed by atoms with van der Waals surface area (Å²) in [5, 5.41) is 53.0. The maximum atomic E-state index is 12.6. The lowest BCUT2D eigenvalue weighted by atomic mass is 10.0. The highest BCUT2D eigenvalue weighted by Gasteiger charge is 2.29. The summed E-state index contributed by atoms with van der Waals surface area (Å²) in [7, 11) is -1.75. The molecule has 0 aliphatic carbocycles. The third kappa shape index (κ3) is 21.9. The Morgan fingerprint density at radius 2 is 1.09 bits per heavy atom. The number of benzene rings is 6. The normalized spacial score (nSPS) is 11.0. The Morgan fingerprint density at radius 3 is 1.54 bits per heavy atom. The average molecular weight is 1410 g/mol. The van der Waals surface area contributed by atoms with Crippen molar-refractivity contribution < 1.29 is 34.1 Å². The van der Waals surface area contributed by atoms with Gasteiger partial charge in [0.15, 0.2) is 0 Å². The van der Waals surface area contributed by atoms with Crippen molar-refractivity contribution in [3.63, 3.8) is 0 Å². The number of carboxylic acid groups (broad SMARTS) is 2. The van der Waals surface area contributed by atoms with Crippen LogP contribution in [0.2, 0.25) is 44.8 Å². The number of hydrogen-bond acceptors (Lipinski definition) is 16. The van der Waals surface area contributed by atoms with Gasteiger partial charge in [0.1, 0.15) is 28.8 Å². The zero-order valence-electron chi connectivity index (χ0n) is 50.4. The number of aliphatic carboxylic acids is 2. The van der Waals surface area contributed by atoms with E-state index in [1.807, 2.05) is 139 Å². The van der Waals surface area contributed by atoms with E-state index in [4.69, 9.17) is 73.0 Å². The van der Waals surface area contributed by atoms with Crippen LogP contribution in [0.4, 0.5) is 11.4 Å². The molecule has 0 aliphatic heterocycles. The van der Waals surface area contributed by atoms with Gasteiger partial charge in [0.25, 0.3) is 0 Å². The Morgan fingerprint density at radius 1 is 0.600 bits per heavy atom. The lowest BCUT2D eigenvalue weighted by Crippen LogP contribution is -2.40. The molecule has 0 fully saturated rings. The summed E-state index contributed by atoms with van der Waals surface area (Å²) in [5.41, 5.74) is 9.54. The van der Waals surface area contributed by atoms with Crippen LogP contribution in [0.25, 0.3) is 28.2 Å². The number of carbonyl (C=O) groups excluding carboxylic acids is 2. The highest BCUT2D eigenvalue weighted by atomic mass is 35.5. The molecule has 470 valence electrons. The molecular formula is C62H62Cl5N11O7S4Si. The van der Waals surface area contributed by atoms with Crippen LogP contribution in [-0.4, -0.2) is 115 Å². The number of carbonyl (C=O) groups is 4. The number of thioether (sulfide) groups is 3. The van der Waals surface area contributed by atoms with Gasteiger partial charge in [0.2, 0.25) is 5.91 Å². The molecule has 9 rings (SSSR count). The largest absolute Gasteiger partial charge is 0.481 e. The molecule has 0 saturated carbocycles. The maximum Gasteiger partial charge on any atom is 0.316 e. The number of esters is 1. The molecule has 3 aromatic heterocycles. The van der Waals surface area contributed by atoms with Crippen LogP contribution in [0.15, 0.2) is 148 Å². The molecule has 3 heterocycles. The number of anilines is 1. The number of aliphatic imine (C=N–C) groups is 1. The molecule has 28 heteroatoms. The van der Waals surface area contributed by atoms with E-state index < -0.39 is 25.6 Å². The molecular weight excluding hydrogens is 1340 g/mol. The first-order valence-corrected chi connectivity index (χ1v) is 35.9. The molecule has 1 amide bonds. The van der Waals surface area contributed by atoms with Crippen LogP contribution in [0.1, 0.15) is 48.6 Å². The minimum absolute atomic E-state index is 0.0288. The van der Waals surface area contributed by atoms with Gasteiger partial charge < -0.3 is 20.3 Å². The SMILES string of the molecule is Cc1ccc(-n2nnc([Si](C)(C)C)c2SCC(=O)OC(C)(C)C)c(Cl)c1.Cc1ccc(-n2nncc2SCC(=O)Nc2ccc(-c3ccc(CC(=O)O)cc3)cc2Cl)c(Cl)c1.Cc1ccc(-n2nncc2SCC(=O)O)c(Cl)c1.Cc1ccc(N=C=S)c(Cl)c1. The van der Waals surface area contributed by atoms with Gasteiger partial charge in [-0.15, -0.1) is 15.3 Å². The smallest absolute Gasteiger partial charge is 0.316 e. The number of carboxylic acids is 2. The summed E-state index contributed by atoms with van der Waals surface area (Å²) in [6, 6.07) is 35.2. The van der Waals surface area contributed by atoms with E-state index in [0.29, 0.717) is 57.9 Å². The van der Waals surface area contributed by atoms with E-state index in [-0.39, 0.29) is 35.6 Å². The second kappa shape index (κ2) is 33.5. The molecule has 0 atom stereocenters. The number of aromatic nitrogens is 9. The first kappa shape index (κ1) is 72.2. The van der Waals surface area contributed by atoms with Crippen molar-refractivity contribution in [2.75, 3.05) is 22.6 Å². The summed E-state index contributed by atoms with van der Waals surface area (Å²) < 4.78 is 10.3. The number of thiocarbonyl (C=S) groups is 1. The van der Waals surface area contributed by atoms with Crippen molar-refractivity contribution >= 4 is 159 Å². The predicted molar refractivity (Wildman–Crippen MR) is 370 cm³/mol. The van der Waals surface area contributed by atoms with E-state index >= 15 is 0 Å². The highest BCUT2D eigenvalue weighted by molar-refractivity contribution is 8.00. The van der Waals surface area contributed by atoms with Crippen molar-refractivity contribution in [1.82, 2.24) is 45.0 Å². The molecule has 0 aliphatic rings. The molecule has 18 nitrogen and oxygen atoms in total. The number of nitrogens with one attached hydrogen (secondary N) is 1. The van der Waals surface area contributed by atoms with Crippen molar-refractivity contribution in [2.24, 2.45) is 4.99 Å². The highest BCUT2D eigenvalue weighted by Crippen LogP contribution is 2.33. The molecule has 3 N–H and O–H groups in total. The lowest BCUT2D eigenvalue weighted by molar-refractivity contribution is -0.151. The minimum Gasteiger partial charge on any atom is -0.481 e. The molecule has 90 heavy (non-hydrogen) atoms. The number of halogens is 5. The predicted octanol–water partition coefficient (Wildman–Crippen LogP) is 15.9. The fourth-order valence-electron chi connectivity index (χ4n) is 7.86. The van der Waals surface area contributed by atoms with Crippen molar-refractivity contribution in [3.8, 4) is 28.2 Å². The van der Waals surface area contributed by atoms with E-state index in [9.17, 15) is 19.2 Å². The number of amides is 1. The number of rotatable bonds is 18. The molecule has 0 unspecified atom stereocenters. The Labute approximate surface area is 565 Å². The third-order valence-corrected chi connectivity index (χ3v) is 18.5. The summed E-state index contributed by atoms with van der Waals surface area (Å²) in [6.45, 7) is 20.0. The second-order valence-corrected chi connectivity index (χ2v) is 31.9. The Bertz CT molecular complexity index is 4080. The van der Waals surface area contributed by atoms with E-state index in [1.165, 1.54) is 34.4 Å². The number of ether oxygens (including phenoxy) is 1. The molecule has 0 spiro atoms. The number of aryl methyl sites for hydroxylation is 4. The van der Waals surface area contributed by atoms with Crippen LogP contribution in [0.5, 0.6) is 0 Å². The van der Waals surface area contributed by atoms with E-state index in [0.717, 1.165) is 66.7 Å². The van der Waals surface area contributed by atoms with Crippen molar-refractivity contribution in [1.29, 1.82) is 0 Å². The topological polar surface area (TPSA) is 234 Å². The van der Waals surface area contributed by atoms with Gasteiger partial charge in [-0.05, 0) is 160 Å². The minimum atomic E-state index is -1.75. The average Bonchev–Trinajstić information content (AvgIpc) is 1.65. The summed E-state index contributed by atoms with van der Waals surface area (Å²) in [4.78, 5) is 49.9. The molecule has 0 radical (unpaired) electrons. The maximum absolute atomic E-state index is 12.6. The van der Waals surface area contributed by atoms with Gasteiger partial charge in [-0.2, -0.15) is 4.99 Å². The third-order valence-electron chi connectivity index (χ3n) is 12.0. The van der Waals surface area contributed by atoms with Crippen LogP contribution < -0.4 is 10.6 Å². The second-order valence-electron chi connectivity index (χ2n) is 21.8. The molecule has 9 aromatic rings. The molecule has 6 aromatic carbocycles. The van der Waals surface area contributed by atoms with Gasteiger partial charge in [-0.25, -0.2) is 14.0 Å². The number of isothiocyanates is 1. The fourth-order valence-corrected chi connectivity index (χ4v) is 13.8. The van der Waals surface area contributed by atoms with Crippen molar-refractivity contribution in [3.05, 3.63) is 181 Å². The first-order valence-electron chi connectivity index (χ1n) is 27.1. The van der Waals surface area contributed by atoms with Crippen LogP contribution in [0.3, 0.4) is 0 Å². The van der Waals surface area contributed by atoms with Crippen LogP contribution in [-0.2, 0) is 30.3 Å². The number of hydrogen-bond donors (Lipinski definition) is 3. The van der Waals surface area contributed by atoms with Gasteiger partial charge in [0, 0.05) is 0 Å². The number of nitrogens with zero attached hydrogens (tertiary/aromatic N) is 10. The van der Waals surface area contributed by atoms with Gasteiger partial charge in [-0.3, -0.25) is 19.2 Å². The quantitative estimate of drug-likeness (QED) is 0.0238. The molecule has 0 saturated heterocycles. The van der Waals surface area contributed by atoms with E-state index in [1.54, 1.807) is 39.8 Å². The lowest BCUT2D eigenvalue weighted by Gasteiger charge is -2.20. The van der Waals surface area contributed by atoms with Gasteiger partial charge in [-0.1, -0.05) is 183 Å². The first-order chi connectivity index (χ1) is 42.5. The Hall–Kier alpha value is -6.86. The van der Waals surface area contributed by atoms with Crippen molar-refractivity contribution in [2.45, 2.75) is 95.2 Å². The Kier molecular flexibility index (Phi) is 26.8. The molecule has 0 bridgehead atoms. The zero-order chi connectivity index (χ0) is 66.0. The zero-order valence-corrected chi connectivity index (χ0v) is 58.4. The van der Waals surface area contributed by atoms with E-state index in [2.05, 4.69) is 78.3 Å². The summed E-state index contributed by atoms with van der Waals surface area (Å²) in [5.74, 6) is -1.97. The summed E-state index contributed by atoms with van der Waals surface area (Å²) >= 11 is 39.5.